The fraction of sp³-hybridized carbons (Fsp3) is 0.900. The highest BCUT2D eigenvalue weighted by molar-refractivity contribution is 5.78. The lowest BCUT2D eigenvalue weighted by molar-refractivity contribution is -0.125. The minimum absolute atomic E-state index is 0.0825. The smallest absolute Gasteiger partial charge is 0.222 e. The molecule has 0 aliphatic carbocycles. The van der Waals surface area contributed by atoms with Crippen LogP contribution in [0.15, 0.2) is 0 Å². The molecule has 0 aromatic heterocycles. The standard InChI is InChI=1S/C10H17NO2/c1-6(2)10(12)11-8-5-7-3-4-9(8)13-7/h6-9H,3-5H2,1-2H3,(H,11,12). The average Bonchev–Trinajstić information content (AvgIpc) is 2.64. The number of hydrogen-bond acceptors (Lipinski definition) is 2. The van der Waals surface area contributed by atoms with Crippen LogP contribution in [0.25, 0.3) is 0 Å². The molecule has 3 nitrogen and oxygen atoms in total. The van der Waals surface area contributed by atoms with Crippen LogP contribution in [0, 0.1) is 5.92 Å². The predicted molar refractivity (Wildman–Crippen MR) is 49.3 cm³/mol. The third-order valence-electron chi connectivity index (χ3n) is 2.96. The van der Waals surface area contributed by atoms with Crippen molar-refractivity contribution >= 4 is 5.91 Å². The van der Waals surface area contributed by atoms with Crippen molar-refractivity contribution in [2.75, 3.05) is 0 Å². The van der Waals surface area contributed by atoms with Crippen molar-refractivity contribution in [3.63, 3.8) is 0 Å². The molecule has 3 atom stereocenters. The van der Waals surface area contributed by atoms with E-state index >= 15 is 0 Å². The van der Waals surface area contributed by atoms with E-state index in [0.29, 0.717) is 12.2 Å². The van der Waals surface area contributed by atoms with Gasteiger partial charge in [-0.3, -0.25) is 4.79 Å². The van der Waals surface area contributed by atoms with Crippen LogP contribution in [0.5, 0.6) is 0 Å². The molecular weight excluding hydrogens is 166 g/mol. The van der Waals surface area contributed by atoms with Gasteiger partial charge in [0.25, 0.3) is 0 Å². The summed E-state index contributed by atoms with van der Waals surface area (Å²) >= 11 is 0. The van der Waals surface area contributed by atoms with Gasteiger partial charge >= 0.3 is 0 Å². The molecule has 2 fully saturated rings. The summed E-state index contributed by atoms with van der Waals surface area (Å²) in [6.45, 7) is 3.84. The molecule has 0 radical (unpaired) electrons. The van der Waals surface area contributed by atoms with E-state index < -0.39 is 0 Å². The van der Waals surface area contributed by atoms with Crippen molar-refractivity contribution in [3.05, 3.63) is 0 Å². The van der Waals surface area contributed by atoms with Gasteiger partial charge in [-0.25, -0.2) is 0 Å². The Morgan fingerprint density at radius 3 is 2.69 bits per heavy atom. The first kappa shape index (κ1) is 9.00. The fourth-order valence-electron chi connectivity index (χ4n) is 2.14. The first-order valence-electron chi connectivity index (χ1n) is 5.12. The van der Waals surface area contributed by atoms with E-state index in [0.717, 1.165) is 12.8 Å². The Kier molecular flexibility index (Phi) is 2.28. The molecule has 1 amide bonds. The van der Waals surface area contributed by atoms with Crippen LogP contribution >= 0.6 is 0 Å². The Labute approximate surface area is 78.8 Å². The first-order chi connectivity index (χ1) is 6.16. The van der Waals surface area contributed by atoms with Crippen LogP contribution in [-0.2, 0) is 9.53 Å². The van der Waals surface area contributed by atoms with E-state index in [1.165, 1.54) is 6.42 Å². The lowest BCUT2D eigenvalue weighted by atomic mass is 9.95. The van der Waals surface area contributed by atoms with E-state index in [2.05, 4.69) is 5.32 Å². The van der Waals surface area contributed by atoms with Crippen LogP contribution in [0.2, 0.25) is 0 Å². The number of fused-ring (bicyclic) bond motifs is 2. The van der Waals surface area contributed by atoms with Crippen LogP contribution in [0.3, 0.4) is 0 Å². The highest BCUT2D eigenvalue weighted by Crippen LogP contribution is 2.34. The van der Waals surface area contributed by atoms with E-state index in [9.17, 15) is 4.79 Å². The molecule has 2 saturated heterocycles. The number of hydrogen-bond donors (Lipinski definition) is 1. The number of carbonyl (C=O) groups excluding carboxylic acids is 1. The third kappa shape index (κ3) is 1.70. The van der Waals surface area contributed by atoms with Crippen LogP contribution in [0.1, 0.15) is 33.1 Å². The SMILES string of the molecule is CC(C)C(=O)NC1CC2CCC1O2. The highest BCUT2D eigenvalue weighted by atomic mass is 16.5. The zero-order chi connectivity index (χ0) is 9.42. The Hall–Kier alpha value is -0.570. The largest absolute Gasteiger partial charge is 0.373 e. The summed E-state index contributed by atoms with van der Waals surface area (Å²) in [6, 6.07) is 0.286. The lowest BCUT2D eigenvalue weighted by Gasteiger charge is -2.20. The van der Waals surface area contributed by atoms with Gasteiger partial charge in [-0.15, -0.1) is 0 Å². The molecule has 2 aliphatic rings. The summed E-state index contributed by atoms with van der Waals surface area (Å²) in [6.07, 6.45) is 4.03. The van der Waals surface area contributed by atoms with Crippen molar-refractivity contribution in [1.82, 2.24) is 5.32 Å². The second-order valence-electron chi connectivity index (χ2n) is 4.38. The molecule has 3 heteroatoms. The summed E-state index contributed by atoms with van der Waals surface area (Å²) in [5.41, 5.74) is 0. The molecule has 1 N–H and O–H groups in total. The predicted octanol–water partition coefficient (Wildman–Crippen LogP) is 1.08. The van der Waals surface area contributed by atoms with E-state index in [-0.39, 0.29) is 17.9 Å². The van der Waals surface area contributed by atoms with Gasteiger partial charge in [-0.1, -0.05) is 13.8 Å². The summed E-state index contributed by atoms with van der Waals surface area (Å²) < 4.78 is 5.65. The zero-order valence-corrected chi connectivity index (χ0v) is 8.25. The minimum Gasteiger partial charge on any atom is -0.373 e. The van der Waals surface area contributed by atoms with Crippen molar-refractivity contribution < 1.29 is 9.53 Å². The Morgan fingerprint density at radius 1 is 1.46 bits per heavy atom. The summed E-state index contributed by atoms with van der Waals surface area (Å²) in [5.74, 6) is 0.236. The molecule has 0 saturated carbocycles. The number of amides is 1. The van der Waals surface area contributed by atoms with Gasteiger partial charge in [0.05, 0.1) is 18.2 Å². The normalized spacial score (nSPS) is 37.0. The number of ether oxygens (including phenoxy) is 1. The monoisotopic (exact) mass is 183 g/mol. The number of carbonyl (C=O) groups is 1. The fourth-order valence-corrected chi connectivity index (χ4v) is 2.14. The number of rotatable bonds is 2. The Morgan fingerprint density at radius 2 is 2.23 bits per heavy atom. The van der Waals surface area contributed by atoms with Crippen molar-refractivity contribution in [3.8, 4) is 0 Å². The average molecular weight is 183 g/mol. The molecule has 0 aromatic carbocycles. The summed E-state index contributed by atoms with van der Waals surface area (Å²) in [7, 11) is 0. The van der Waals surface area contributed by atoms with Crippen LogP contribution < -0.4 is 5.32 Å². The van der Waals surface area contributed by atoms with Gasteiger partial charge in [0, 0.05) is 5.92 Å². The van der Waals surface area contributed by atoms with Gasteiger partial charge in [-0.05, 0) is 19.3 Å². The quantitative estimate of drug-likeness (QED) is 0.695. The molecule has 0 spiro atoms. The molecule has 2 heterocycles. The van der Waals surface area contributed by atoms with Gasteiger partial charge in [0.1, 0.15) is 0 Å². The summed E-state index contributed by atoms with van der Waals surface area (Å²) in [5, 5.41) is 3.05. The topological polar surface area (TPSA) is 38.3 Å². The molecule has 13 heavy (non-hydrogen) atoms. The van der Waals surface area contributed by atoms with E-state index in [1.807, 2.05) is 13.8 Å². The Balaban J connectivity index is 1.86. The van der Waals surface area contributed by atoms with E-state index in [4.69, 9.17) is 4.74 Å². The maximum Gasteiger partial charge on any atom is 0.222 e. The summed E-state index contributed by atoms with van der Waals surface area (Å²) in [4.78, 5) is 11.4. The van der Waals surface area contributed by atoms with Gasteiger partial charge in [0.15, 0.2) is 0 Å². The third-order valence-corrected chi connectivity index (χ3v) is 2.96. The maximum absolute atomic E-state index is 11.4. The Bertz CT molecular complexity index is 215. The second-order valence-corrected chi connectivity index (χ2v) is 4.38. The highest BCUT2D eigenvalue weighted by Gasteiger charge is 2.41. The maximum atomic E-state index is 11.4. The molecule has 74 valence electrons. The molecule has 3 unspecified atom stereocenters. The zero-order valence-electron chi connectivity index (χ0n) is 8.25. The van der Waals surface area contributed by atoms with E-state index in [1.54, 1.807) is 0 Å². The molecular formula is C10H17NO2. The van der Waals surface area contributed by atoms with Crippen LogP contribution in [-0.4, -0.2) is 24.2 Å². The minimum atomic E-state index is 0.0825. The molecule has 2 aliphatic heterocycles. The lowest BCUT2D eigenvalue weighted by Crippen LogP contribution is -2.43. The number of nitrogens with one attached hydrogen (secondary N) is 1. The van der Waals surface area contributed by atoms with Gasteiger partial charge in [0.2, 0.25) is 5.91 Å². The van der Waals surface area contributed by atoms with Crippen molar-refractivity contribution in [1.29, 1.82) is 0 Å². The molecule has 2 bridgehead atoms. The van der Waals surface area contributed by atoms with Gasteiger partial charge in [-0.2, -0.15) is 0 Å². The van der Waals surface area contributed by atoms with Crippen LogP contribution in [0.4, 0.5) is 0 Å². The second kappa shape index (κ2) is 3.29. The van der Waals surface area contributed by atoms with Crippen molar-refractivity contribution in [2.24, 2.45) is 5.92 Å². The molecule has 0 aromatic rings. The van der Waals surface area contributed by atoms with Crippen molar-refractivity contribution in [2.45, 2.75) is 51.4 Å². The molecule has 2 rings (SSSR count). The van der Waals surface area contributed by atoms with Gasteiger partial charge < -0.3 is 10.1 Å². The first-order valence-corrected chi connectivity index (χ1v) is 5.12.